The van der Waals surface area contributed by atoms with Gasteiger partial charge in [0.2, 0.25) is 0 Å². The molecule has 0 radical (unpaired) electrons. The predicted molar refractivity (Wildman–Crippen MR) is 86.7 cm³/mol. The summed E-state index contributed by atoms with van der Waals surface area (Å²) in [6.07, 6.45) is 1.12. The molecule has 1 aliphatic rings. The third-order valence-electron chi connectivity index (χ3n) is 3.52. The van der Waals surface area contributed by atoms with Gasteiger partial charge in [-0.15, -0.1) is 0 Å². The molecular formula is C16H11N3O7. The Morgan fingerprint density at radius 2 is 1.92 bits per heavy atom. The first-order chi connectivity index (χ1) is 12.4. The van der Waals surface area contributed by atoms with Gasteiger partial charge in [0.25, 0.3) is 11.8 Å². The molecule has 10 heteroatoms. The van der Waals surface area contributed by atoms with Gasteiger partial charge in [-0.05, 0) is 36.4 Å². The molecule has 10 nitrogen and oxygen atoms in total. The lowest BCUT2D eigenvalue weighted by Crippen LogP contribution is -2.35. The average molecular weight is 357 g/mol. The van der Waals surface area contributed by atoms with Crippen LogP contribution < -0.4 is 10.4 Å². The molecule has 0 spiro atoms. The molecule has 0 bridgehead atoms. The van der Waals surface area contributed by atoms with Crippen molar-refractivity contribution in [3.8, 4) is 0 Å². The Morgan fingerprint density at radius 1 is 1.23 bits per heavy atom. The van der Waals surface area contributed by atoms with Crippen molar-refractivity contribution in [3.05, 3.63) is 63.4 Å². The van der Waals surface area contributed by atoms with Gasteiger partial charge >= 0.3 is 11.9 Å². The fourth-order valence-electron chi connectivity index (χ4n) is 2.26. The van der Waals surface area contributed by atoms with Gasteiger partial charge in [-0.2, -0.15) is 0 Å². The highest BCUT2D eigenvalue weighted by Gasteiger charge is 2.35. The molecular weight excluding hydrogens is 346 g/mol. The second kappa shape index (κ2) is 6.51. The highest BCUT2D eigenvalue weighted by Crippen LogP contribution is 2.24. The van der Waals surface area contributed by atoms with Crippen molar-refractivity contribution in [2.75, 3.05) is 12.1 Å². The van der Waals surface area contributed by atoms with Gasteiger partial charge in [-0.3, -0.25) is 25.1 Å². The number of nitrogens with one attached hydrogen (secondary N) is 1. The number of carbonyl (C=O) groups is 3. The molecule has 0 unspecified atom stereocenters. The molecule has 1 aliphatic heterocycles. The third-order valence-corrected chi connectivity index (χ3v) is 3.52. The van der Waals surface area contributed by atoms with E-state index < -0.39 is 28.6 Å². The number of rotatable bonds is 4. The van der Waals surface area contributed by atoms with Crippen LogP contribution in [0.3, 0.4) is 0 Å². The number of amides is 2. The van der Waals surface area contributed by atoms with Crippen LogP contribution in [-0.4, -0.2) is 29.8 Å². The number of methoxy groups -OCH3 is 1. The summed E-state index contributed by atoms with van der Waals surface area (Å²) < 4.78 is 9.51. The number of hydrogen-bond donors (Lipinski definition) is 1. The minimum absolute atomic E-state index is 0.00177. The molecule has 1 saturated heterocycles. The van der Waals surface area contributed by atoms with E-state index in [1.165, 1.54) is 37.4 Å². The van der Waals surface area contributed by atoms with Gasteiger partial charge in [-0.1, -0.05) is 0 Å². The van der Waals surface area contributed by atoms with E-state index in [4.69, 9.17) is 4.42 Å². The van der Waals surface area contributed by atoms with E-state index in [1.807, 2.05) is 0 Å². The van der Waals surface area contributed by atoms with Crippen LogP contribution in [0.1, 0.15) is 16.1 Å². The molecule has 0 atom stereocenters. The summed E-state index contributed by atoms with van der Waals surface area (Å²) in [7, 11) is 1.25. The van der Waals surface area contributed by atoms with Crippen LogP contribution >= 0.6 is 0 Å². The summed E-state index contributed by atoms with van der Waals surface area (Å²) >= 11 is 0. The van der Waals surface area contributed by atoms with Crippen LogP contribution in [0.25, 0.3) is 6.08 Å². The van der Waals surface area contributed by atoms with Crippen LogP contribution in [0.5, 0.6) is 0 Å². The number of anilines is 1. The summed E-state index contributed by atoms with van der Waals surface area (Å²) in [6.45, 7) is 0. The lowest BCUT2D eigenvalue weighted by Gasteiger charge is -2.14. The quantitative estimate of drug-likeness (QED) is 0.288. The molecule has 132 valence electrons. The van der Waals surface area contributed by atoms with Crippen LogP contribution in [0.4, 0.5) is 11.6 Å². The van der Waals surface area contributed by atoms with E-state index in [0.717, 1.165) is 17.2 Å². The van der Waals surface area contributed by atoms with Crippen LogP contribution in [-0.2, 0) is 14.3 Å². The maximum atomic E-state index is 12.4. The highest BCUT2D eigenvalue weighted by molar-refractivity contribution is 6.31. The standard InChI is InChI=1S/C16H11N3O7/c1-25-16(22)9-2-4-10(5-3-9)18-15(21)12(14(20)17-18)8-11-6-7-13(26-11)19(23)24/h2-8H,1H3,(H,17,20)/b12-8-. The second-order valence-corrected chi connectivity index (χ2v) is 5.11. The van der Waals surface area contributed by atoms with Crippen molar-refractivity contribution < 1.29 is 28.5 Å². The Bertz CT molecular complexity index is 943. The Morgan fingerprint density at radius 3 is 2.50 bits per heavy atom. The van der Waals surface area contributed by atoms with Crippen molar-refractivity contribution >= 4 is 35.4 Å². The van der Waals surface area contributed by atoms with Crippen LogP contribution in [0.15, 0.2) is 46.4 Å². The number of nitro groups is 1. The van der Waals surface area contributed by atoms with E-state index >= 15 is 0 Å². The van der Waals surface area contributed by atoms with Gasteiger partial charge in [0, 0.05) is 0 Å². The monoisotopic (exact) mass is 357 g/mol. The number of ether oxygens (including phenoxy) is 1. The first-order valence-corrected chi connectivity index (χ1v) is 7.20. The molecule has 2 amide bonds. The lowest BCUT2D eigenvalue weighted by molar-refractivity contribution is -0.402. The van der Waals surface area contributed by atoms with Gasteiger partial charge in [0.05, 0.1) is 24.4 Å². The Labute approximate surface area is 145 Å². The van der Waals surface area contributed by atoms with Gasteiger partial charge < -0.3 is 9.15 Å². The Hall–Kier alpha value is -3.95. The van der Waals surface area contributed by atoms with Crippen LogP contribution in [0, 0.1) is 10.1 Å². The smallest absolute Gasteiger partial charge is 0.433 e. The number of nitrogens with zero attached hydrogens (tertiary/aromatic N) is 2. The van der Waals surface area contributed by atoms with Crippen molar-refractivity contribution in [1.29, 1.82) is 0 Å². The Kier molecular flexibility index (Phi) is 4.23. The van der Waals surface area contributed by atoms with E-state index in [0.29, 0.717) is 5.69 Å². The first kappa shape index (κ1) is 16.9. The van der Waals surface area contributed by atoms with Gasteiger partial charge in [0.1, 0.15) is 16.3 Å². The fourth-order valence-corrected chi connectivity index (χ4v) is 2.26. The minimum Gasteiger partial charge on any atom is -0.465 e. The fraction of sp³-hybridized carbons (Fsp3) is 0.0625. The molecule has 2 aromatic rings. The molecule has 26 heavy (non-hydrogen) atoms. The topological polar surface area (TPSA) is 132 Å². The third kappa shape index (κ3) is 3.02. The molecule has 1 fully saturated rings. The maximum absolute atomic E-state index is 12.4. The zero-order valence-corrected chi connectivity index (χ0v) is 13.3. The number of benzene rings is 1. The molecule has 1 N–H and O–H groups in total. The largest absolute Gasteiger partial charge is 0.465 e. The number of furan rings is 1. The first-order valence-electron chi connectivity index (χ1n) is 7.20. The summed E-state index contributed by atoms with van der Waals surface area (Å²) in [5, 5.41) is 11.6. The zero-order chi connectivity index (χ0) is 18.8. The van der Waals surface area contributed by atoms with Crippen molar-refractivity contribution in [3.63, 3.8) is 0 Å². The zero-order valence-electron chi connectivity index (χ0n) is 13.3. The summed E-state index contributed by atoms with van der Waals surface area (Å²) in [4.78, 5) is 45.8. The summed E-state index contributed by atoms with van der Waals surface area (Å²) in [6, 6.07) is 8.21. The molecule has 0 saturated carbocycles. The van der Waals surface area contributed by atoms with E-state index in [-0.39, 0.29) is 16.9 Å². The molecule has 1 aromatic carbocycles. The molecule has 1 aromatic heterocycles. The van der Waals surface area contributed by atoms with Crippen molar-refractivity contribution in [2.24, 2.45) is 0 Å². The van der Waals surface area contributed by atoms with Gasteiger partial charge in [0.15, 0.2) is 0 Å². The van der Waals surface area contributed by atoms with Crippen molar-refractivity contribution in [2.45, 2.75) is 0 Å². The SMILES string of the molecule is COC(=O)c1ccc(N2NC(=O)/C(=C/c3ccc([N+](=O)[O-])o3)C2=O)cc1. The van der Waals surface area contributed by atoms with Gasteiger partial charge in [-0.25, -0.2) is 9.80 Å². The number of hydrogen-bond acceptors (Lipinski definition) is 7. The lowest BCUT2D eigenvalue weighted by atomic mass is 10.2. The second-order valence-electron chi connectivity index (χ2n) is 5.11. The molecule has 3 rings (SSSR count). The summed E-state index contributed by atoms with van der Waals surface area (Å²) in [5.74, 6) is -2.39. The van der Waals surface area contributed by atoms with E-state index in [9.17, 15) is 24.5 Å². The average Bonchev–Trinajstić information content (AvgIpc) is 3.22. The van der Waals surface area contributed by atoms with Crippen molar-refractivity contribution in [1.82, 2.24) is 5.43 Å². The minimum atomic E-state index is -0.728. The normalized spacial score (nSPS) is 15.3. The summed E-state index contributed by atoms with van der Waals surface area (Å²) in [5.41, 5.74) is 2.73. The van der Waals surface area contributed by atoms with E-state index in [1.54, 1.807) is 0 Å². The number of esters is 1. The number of hydrazine groups is 1. The molecule has 2 heterocycles. The Balaban J connectivity index is 1.85. The van der Waals surface area contributed by atoms with Crippen LogP contribution in [0.2, 0.25) is 0 Å². The number of carbonyl (C=O) groups excluding carboxylic acids is 3. The van der Waals surface area contributed by atoms with E-state index in [2.05, 4.69) is 10.2 Å². The maximum Gasteiger partial charge on any atom is 0.433 e. The highest BCUT2D eigenvalue weighted by atomic mass is 16.6. The molecule has 0 aliphatic carbocycles. The predicted octanol–water partition coefficient (Wildman–Crippen LogP) is 1.44.